The Balaban J connectivity index is 3.27. The number of ether oxygens (including phenoxy) is 1. The number of benzene rings is 1. The van der Waals surface area contributed by atoms with Gasteiger partial charge in [-0.15, -0.1) is 0 Å². The van der Waals surface area contributed by atoms with Crippen LogP contribution in [0.4, 0.5) is 5.69 Å². The van der Waals surface area contributed by atoms with Crippen LogP contribution in [0.15, 0.2) is 16.6 Å². The second-order valence-electron chi connectivity index (χ2n) is 4.48. The largest absolute Gasteiger partial charge is 0.486 e. The predicted molar refractivity (Wildman–Crippen MR) is 71.8 cm³/mol. The molecule has 0 saturated carbocycles. The van der Waals surface area contributed by atoms with Gasteiger partial charge in [0.15, 0.2) is 0 Å². The molecule has 0 radical (unpaired) electrons. The van der Waals surface area contributed by atoms with Crippen LogP contribution in [-0.2, 0) is 0 Å². The zero-order chi connectivity index (χ0) is 13.9. The molecule has 1 aromatic rings. The fraction of sp³-hybridized carbons (Fsp3) is 0.500. The molecule has 0 aliphatic rings. The van der Waals surface area contributed by atoms with Gasteiger partial charge in [-0.25, -0.2) is 0 Å². The van der Waals surface area contributed by atoms with E-state index < -0.39 is 11.0 Å². The highest BCUT2D eigenvalue weighted by molar-refractivity contribution is 9.10. The molecule has 1 rings (SSSR count). The summed E-state index contributed by atoms with van der Waals surface area (Å²) >= 11 is 3.19. The minimum absolute atomic E-state index is 0.138. The van der Waals surface area contributed by atoms with E-state index in [0.717, 1.165) is 0 Å². The van der Waals surface area contributed by atoms with Crippen LogP contribution in [0.1, 0.15) is 32.4 Å². The van der Waals surface area contributed by atoms with E-state index in [1.807, 2.05) is 13.8 Å². The lowest BCUT2D eigenvalue weighted by Gasteiger charge is -2.15. The molecule has 0 aliphatic heterocycles. The lowest BCUT2D eigenvalue weighted by Crippen LogP contribution is -2.09. The molecule has 0 heterocycles. The first-order valence-electron chi connectivity index (χ1n) is 5.61. The summed E-state index contributed by atoms with van der Waals surface area (Å²) in [5.41, 5.74) is 0.276. The average Bonchev–Trinajstić information content (AvgIpc) is 2.25. The second kappa shape index (κ2) is 6.15. The Bertz CT molecular complexity index is 446. The molecule has 0 aliphatic carbocycles. The van der Waals surface area contributed by atoms with Crippen molar-refractivity contribution in [3.63, 3.8) is 0 Å². The minimum atomic E-state index is -0.830. The van der Waals surface area contributed by atoms with Gasteiger partial charge >= 0.3 is 5.69 Å². The van der Waals surface area contributed by atoms with Crippen LogP contribution in [-0.4, -0.2) is 16.6 Å². The number of halogens is 1. The van der Waals surface area contributed by atoms with Gasteiger partial charge in [-0.3, -0.25) is 10.1 Å². The minimum Gasteiger partial charge on any atom is -0.486 e. The van der Waals surface area contributed by atoms with Gasteiger partial charge in [0.1, 0.15) is 0 Å². The first-order valence-corrected chi connectivity index (χ1v) is 6.41. The lowest BCUT2D eigenvalue weighted by molar-refractivity contribution is -0.386. The van der Waals surface area contributed by atoms with Crippen LogP contribution in [0, 0.1) is 16.0 Å². The number of rotatable bonds is 5. The zero-order valence-electron chi connectivity index (χ0n) is 10.5. The normalized spacial score (nSPS) is 12.6. The van der Waals surface area contributed by atoms with Crippen LogP contribution in [0.5, 0.6) is 5.75 Å². The number of aliphatic hydroxyl groups excluding tert-OH is 1. The molecule has 0 fully saturated rings. The molecule has 5 nitrogen and oxygen atoms in total. The van der Waals surface area contributed by atoms with Gasteiger partial charge in [0.05, 0.1) is 17.6 Å². The maximum atomic E-state index is 11.0. The van der Waals surface area contributed by atoms with Crippen molar-refractivity contribution in [1.82, 2.24) is 0 Å². The molecule has 0 amide bonds. The Morgan fingerprint density at radius 3 is 2.50 bits per heavy atom. The molecule has 0 spiro atoms. The number of nitrogens with zero attached hydrogens (tertiary/aromatic N) is 1. The molecule has 1 aromatic carbocycles. The third kappa shape index (κ3) is 3.68. The van der Waals surface area contributed by atoms with Crippen molar-refractivity contribution >= 4 is 21.6 Å². The van der Waals surface area contributed by atoms with Crippen LogP contribution in [0.3, 0.4) is 0 Å². The number of nitro groups is 1. The summed E-state index contributed by atoms with van der Waals surface area (Å²) in [5, 5.41) is 20.7. The molecular weight excluding hydrogens is 302 g/mol. The second-order valence-corrected chi connectivity index (χ2v) is 5.40. The van der Waals surface area contributed by atoms with Crippen LogP contribution in [0.25, 0.3) is 0 Å². The number of hydrogen-bond acceptors (Lipinski definition) is 4. The van der Waals surface area contributed by atoms with Crippen molar-refractivity contribution in [1.29, 1.82) is 0 Å². The summed E-state index contributed by atoms with van der Waals surface area (Å²) in [6, 6.07) is 3.01. The van der Waals surface area contributed by atoms with Gasteiger partial charge in [-0.2, -0.15) is 0 Å². The summed E-state index contributed by atoms with van der Waals surface area (Å²) in [6.45, 7) is 5.81. The van der Waals surface area contributed by atoms with Gasteiger partial charge in [-0.1, -0.05) is 29.8 Å². The maximum absolute atomic E-state index is 11.0. The monoisotopic (exact) mass is 317 g/mol. The molecular formula is C12H16BrNO4. The van der Waals surface area contributed by atoms with Crippen molar-refractivity contribution in [2.24, 2.45) is 5.92 Å². The average molecular weight is 318 g/mol. The first kappa shape index (κ1) is 14.9. The van der Waals surface area contributed by atoms with Gasteiger partial charge < -0.3 is 9.84 Å². The molecule has 18 heavy (non-hydrogen) atoms. The van der Waals surface area contributed by atoms with Crippen molar-refractivity contribution < 1.29 is 14.8 Å². The summed E-state index contributed by atoms with van der Waals surface area (Å²) in [6.07, 6.45) is -0.830. The number of aliphatic hydroxyl groups is 1. The van der Waals surface area contributed by atoms with E-state index in [0.29, 0.717) is 16.6 Å². The highest BCUT2D eigenvalue weighted by Crippen LogP contribution is 2.38. The SMILES string of the molecule is CC(C)COc1c([C@H](C)O)cc(Br)cc1[N+](=O)[O-]. The molecule has 1 N–H and O–H groups in total. The highest BCUT2D eigenvalue weighted by Gasteiger charge is 2.23. The number of nitro benzene ring substituents is 1. The van der Waals surface area contributed by atoms with Gasteiger partial charge in [-0.05, 0) is 18.9 Å². The van der Waals surface area contributed by atoms with Gasteiger partial charge in [0.2, 0.25) is 5.75 Å². The fourth-order valence-corrected chi connectivity index (χ4v) is 1.92. The van der Waals surface area contributed by atoms with Crippen molar-refractivity contribution in [2.45, 2.75) is 26.9 Å². The quantitative estimate of drug-likeness (QED) is 0.667. The van der Waals surface area contributed by atoms with Crippen molar-refractivity contribution in [3.8, 4) is 5.75 Å². The van der Waals surface area contributed by atoms with E-state index in [1.54, 1.807) is 13.0 Å². The zero-order valence-corrected chi connectivity index (χ0v) is 12.1. The topological polar surface area (TPSA) is 72.6 Å². The van der Waals surface area contributed by atoms with E-state index in [2.05, 4.69) is 15.9 Å². The number of hydrogen-bond donors (Lipinski definition) is 1. The summed E-state index contributed by atoms with van der Waals surface area (Å²) in [7, 11) is 0. The predicted octanol–water partition coefficient (Wildman–Crippen LogP) is 3.45. The van der Waals surface area contributed by atoms with E-state index in [4.69, 9.17) is 4.74 Å². The van der Waals surface area contributed by atoms with Gasteiger partial charge in [0, 0.05) is 16.1 Å². The van der Waals surface area contributed by atoms with Crippen LogP contribution >= 0.6 is 15.9 Å². The Kier molecular flexibility index (Phi) is 5.10. The molecule has 1 atom stereocenters. The Morgan fingerprint density at radius 2 is 2.06 bits per heavy atom. The smallest absolute Gasteiger partial charge is 0.312 e. The Hall–Kier alpha value is -1.14. The molecule has 0 saturated heterocycles. The maximum Gasteiger partial charge on any atom is 0.312 e. The van der Waals surface area contributed by atoms with Gasteiger partial charge in [0.25, 0.3) is 0 Å². The summed E-state index contributed by atoms with van der Waals surface area (Å²) in [5.74, 6) is 0.391. The van der Waals surface area contributed by atoms with E-state index in [-0.39, 0.29) is 17.4 Å². The molecule has 0 aromatic heterocycles. The Labute approximate surface area is 114 Å². The molecule has 0 unspecified atom stereocenters. The third-order valence-electron chi connectivity index (χ3n) is 2.27. The third-order valence-corrected chi connectivity index (χ3v) is 2.73. The van der Waals surface area contributed by atoms with Crippen LogP contribution in [0.2, 0.25) is 0 Å². The van der Waals surface area contributed by atoms with Crippen molar-refractivity contribution in [2.75, 3.05) is 6.61 Å². The van der Waals surface area contributed by atoms with E-state index >= 15 is 0 Å². The molecule has 100 valence electrons. The standard InChI is InChI=1S/C12H16BrNO4/c1-7(2)6-18-12-10(8(3)15)4-9(13)5-11(12)14(16)17/h4-5,7-8,15H,6H2,1-3H3/t8-/m0/s1. The lowest BCUT2D eigenvalue weighted by atomic mass is 10.1. The van der Waals surface area contributed by atoms with Crippen molar-refractivity contribution in [3.05, 3.63) is 32.3 Å². The van der Waals surface area contributed by atoms with E-state index in [9.17, 15) is 15.2 Å². The molecule has 6 heteroatoms. The molecule has 0 bridgehead atoms. The first-order chi connectivity index (χ1) is 8.32. The highest BCUT2D eigenvalue weighted by atomic mass is 79.9. The fourth-order valence-electron chi connectivity index (χ4n) is 1.45. The van der Waals surface area contributed by atoms with E-state index in [1.165, 1.54) is 6.07 Å². The summed E-state index contributed by atoms with van der Waals surface area (Å²) < 4.78 is 6.03. The Morgan fingerprint density at radius 1 is 1.44 bits per heavy atom. The summed E-state index contributed by atoms with van der Waals surface area (Å²) in [4.78, 5) is 10.5. The van der Waals surface area contributed by atoms with Crippen LogP contribution < -0.4 is 4.74 Å².